The van der Waals surface area contributed by atoms with Gasteiger partial charge in [0.2, 0.25) is 5.91 Å². The van der Waals surface area contributed by atoms with Gasteiger partial charge in [-0.05, 0) is 25.7 Å². The van der Waals surface area contributed by atoms with Gasteiger partial charge in [0.05, 0.1) is 0 Å². The van der Waals surface area contributed by atoms with Crippen LogP contribution in [0.2, 0.25) is 0 Å². The first kappa shape index (κ1) is 10.5. The minimum absolute atomic E-state index is 0.171. The number of rotatable bonds is 4. The van der Waals surface area contributed by atoms with E-state index in [1.807, 2.05) is 0 Å². The van der Waals surface area contributed by atoms with Crippen molar-refractivity contribution in [3.63, 3.8) is 0 Å². The normalized spacial score (nSPS) is 27.5. The van der Waals surface area contributed by atoms with Crippen molar-refractivity contribution in [3.05, 3.63) is 0 Å². The Morgan fingerprint density at radius 1 is 1.54 bits per heavy atom. The summed E-state index contributed by atoms with van der Waals surface area (Å²) in [5, 5.41) is 3.00. The maximum absolute atomic E-state index is 11.3. The van der Waals surface area contributed by atoms with E-state index in [1.165, 1.54) is 0 Å². The third-order valence-corrected chi connectivity index (χ3v) is 2.67. The molecule has 0 radical (unpaired) electrons. The molecule has 3 N–H and O–H groups in total. The van der Waals surface area contributed by atoms with Crippen LogP contribution >= 0.6 is 0 Å². The lowest BCUT2D eigenvalue weighted by Gasteiger charge is -2.16. The van der Waals surface area contributed by atoms with Gasteiger partial charge in [0.1, 0.15) is 0 Å². The fourth-order valence-electron chi connectivity index (χ4n) is 1.78. The van der Waals surface area contributed by atoms with Crippen LogP contribution in [0.15, 0.2) is 0 Å². The van der Waals surface area contributed by atoms with Crippen LogP contribution in [0.25, 0.3) is 0 Å². The molecule has 13 heavy (non-hydrogen) atoms. The van der Waals surface area contributed by atoms with Crippen LogP contribution in [0.5, 0.6) is 0 Å². The number of nitrogens with two attached hydrogens (primary N) is 1. The van der Waals surface area contributed by atoms with Gasteiger partial charge in [-0.25, -0.2) is 0 Å². The summed E-state index contributed by atoms with van der Waals surface area (Å²) in [4.78, 5) is 11.3. The summed E-state index contributed by atoms with van der Waals surface area (Å²) in [6.07, 6.45) is 5.97. The second kappa shape index (κ2) is 5.22. The van der Waals surface area contributed by atoms with Crippen molar-refractivity contribution < 1.29 is 4.79 Å². The van der Waals surface area contributed by atoms with E-state index in [2.05, 4.69) is 12.2 Å². The van der Waals surface area contributed by atoms with Crippen LogP contribution in [-0.2, 0) is 4.79 Å². The highest BCUT2D eigenvalue weighted by atomic mass is 16.1. The number of amides is 1. The molecule has 0 heterocycles. The van der Waals surface area contributed by atoms with Crippen LogP contribution < -0.4 is 11.1 Å². The van der Waals surface area contributed by atoms with Gasteiger partial charge < -0.3 is 11.1 Å². The van der Waals surface area contributed by atoms with Crippen LogP contribution in [0.4, 0.5) is 0 Å². The summed E-state index contributed by atoms with van der Waals surface area (Å²) >= 11 is 0. The Morgan fingerprint density at radius 2 is 2.31 bits per heavy atom. The average Bonchev–Trinajstić information content (AvgIpc) is 2.48. The second-order valence-electron chi connectivity index (χ2n) is 3.87. The molecule has 0 aromatic rings. The van der Waals surface area contributed by atoms with Gasteiger partial charge in [0.15, 0.2) is 0 Å². The first-order valence-electron chi connectivity index (χ1n) is 5.29. The zero-order chi connectivity index (χ0) is 9.68. The van der Waals surface area contributed by atoms with E-state index in [0.29, 0.717) is 6.42 Å². The van der Waals surface area contributed by atoms with Crippen molar-refractivity contribution >= 4 is 5.91 Å². The summed E-state index contributed by atoms with van der Waals surface area (Å²) < 4.78 is 0. The van der Waals surface area contributed by atoms with Gasteiger partial charge in [-0.3, -0.25) is 4.79 Å². The fourth-order valence-corrected chi connectivity index (χ4v) is 1.78. The lowest BCUT2D eigenvalue weighted by atomic mass is 10.1. The predicted molar refractivity (Wildman–Crippen MR) is 53.3 cm³/mol. The van der Waals surface area contributed by atoms with Crippen molar-refractivity contribution in [1.29, 1.82) is 0 Å². The number of carbonyl (C=O) groups excluding carboxylic acids is 1. The Hall–Kier alpha value is -0.570. The maximum atomic E-state index is 11.3. The summed E-state index contributed by atoms with van der Waals surface area (Å²) in [6.45, 7) is 2.09. The van der Waals surface area contributed by atoms with E-state index in [-0.39, 0.29) is 18.0 Å². The largest absolute Gasteiger partial charge is 0.352 e. The molecule has 1 fully saturated rings. The third-order valence-electron chi connectivity index (χ3n) is 2.67. The Bertz CT molecular complexity index is 170. The molecule has 0 aliphatic heterocycles. The Kier molecular flexibility index (Phi) is 4.22. The highest BCUT2D eigenvalue weighted by Gasteiger charge is 2.24. The Morgan fingerprint density at radius 3 is 2.85 bits per heavy atom. The SMILES string of the molecule is CCCCC(=O)NC1CCCC1N. The summed E-state index contributed by atoms with van der Waals surface area (Å²) in [6, 6.07) is 0.426. The molecular formula is C10H20N2O. The van der Waals surface area contributed by atoms with Gasteiger partial charge in [-0.15, -0.1) is 0 Å². The molecule has 0 aromatic carbocycles. The van der Waals surface area contributed by atoms with Gasteiger partial charge in [0, 0.05) is 18.5 Å². The van der Waals surface area contributed by atoms with E-state index in [9.17, 15) is 4.79 Å². The molecule has 3 nitrogen and oxygen atoms in total. The van der Waals surface area contributed by atoms with Crippen LogP contribution in [-0.4, -0.2) is 18.0 Å². The van der Waals surface area contributed by atoms with Crippen molar-refractivity contribution in [2.45, 2.75) is 57.5 Å². The lowest BCUT2D eigenvalue weighted by molar-refractivity contribution is -0.121. The molecule has 1 rings (SSSR count). The van der Waals surface area contributed by atoms with E-state index in [1.54, 1.807) is 0 Å². The van der Waals surface area contributed by atoms with Crippen LogP contribution in [0.1, 0.15) is 45.4 Å². The van der Waals surface area contributed by atoms with Crippen molar-refractivity contribution in [3.8, 4) is 0 Å². The van der Waals surface area contributed by atoms with Gasteiger partial charge in [0.25, 0.3) is 0 Å². The molecule has 1 aliphatic carbocycles. The molecule has 76 valence electrons. The number of nitrogens with one attached hydrogen (secondary N) is 1. The molecule has 1 saturated carbocycles. The van der Waals surface area contributed by atoms with Crippen molar-refractivity contribution in [1.82, 2.24) is 5.32 Å². The van der Waals surface area contributed by atoms with Gasteiger partial charge in [-0.1, -0.05) is 13.3 Å². The minimum Gasteiger partial charge on any atom is -0.352 e. The van der Waals surface area contributed by atoms with Crippen molar-refractivity contribution in [2.24, 2.45) is 5.73 Å². The molecule has 1 aliphatic rings. The quantitative estimate of drug-likeness (QED) is 0.689. The Labute approximate surface area is 80.1 Å². The van der Waals surface area contributed by atoms with Crippen LogP contribution in [0.3, 0.4) is 0 Å². The van der Waals surface area contributed by atoms with E-state index in [4.69, 9.17) is 5.73 Å². The first-order chi connectivity index (χ1) is 6.24. The fraction of sp³-hybridized carbons (Fsp3) is 0.900. The zero-order valence-corrected chi connectivity index (χ0v) is 8.38. The number of unbranched alkanes of at least 4 members (excludes halogenated alkanes) is 1. The number of hydrogen-bond donors (Lipinski definition) is 2. The highest BCUT2D eigenvalue weighted by Crippen LogP contribution is 2.17. The highest BCUT2D eigenvalue weighted by molar-refractivity contribution is 5.76. The number of carbonyl (C=O) groups is 1. The minimum atomic E-state index is 0.171. The molecule has 2 unspecified atom stereocenters. The van der Waals surface area contributed by atoms with Gasteiger partial charge in [-0.2, -0.15) is 0 Å². The van der Waals surface area contributed by atoms with Crippen LogP contribution in [0, 0.1) is 0 Å². The topological polar surface area (TPSA) is 55.1 Å². The number of hydrogen-bond acceptors (Lipinski definition) is 2. The molecule has 0 bridgehead atoms. The molecule has 0 spiro atoms. The zero-order valence-electron chi connectivity index (χ0n) is 8.38. The summed E-state index contributed by atoms with van der Waals surface area (Å²) in [7, 11) is 0. The molecule has 3 heteroatoms. The smallest absolute Gasteiger partial charge is 0.220 e. The first-order valence-corrected chi connectivity index (χ1v) is 5.29. The molecule has 0 saturated heterocycles. The standard InChI is InChI=1S/C10H20N2O/c1-2-3-7-10(13)12-9-6-4-5-8(9)11/h8-9H,2-7,11H2,1H3,(H,12,13). The van der Waals surface area contributed by atoms with E-state index < -0.39 is 0 Å². The third kappa shape index (κ3) is 3.35. The molecular weight excluding hydrogens is 164 g/mol. The molecule has 0 aromatic heterocycles. The second-order valence-corrected chi connectivity index (χ2v) is 3.87. The van der Waals surface area contributed by atoms with E-state index in [0.717, 1.165) is 32.1 Å². The predicted octanol–water partition coefficient (Wildman–Crippen LogP) is 1.17. The summed E-state index contributed by atoms with van der Waals surface area (Å²) in [5.74, 6) is 0.171. The van der Waals surface area contributed by atoms with E-state index >= 15 is 0 Å². The Balaban J connectivity index is 2.19. The summed E-state index contributed by atoms with van der Waals surface area (Å²) in [5.41, 5.74) is 5.84. The van der Waals surface area contributed by atoms with Crippen molar-refractivity contribution in [2.75, 3.05) is 0 Å². The monoisotopic (exact) mass is 184 g/mol. The molecule has 1 amide bonds. The average molecular weight is 184 g/mol. The molecule has 2 atom stereocenters. The lowest BCUT2D eigenvalue weighted by Crippen LogP contribution is -2.43. The maximum Gasteiger partial charge on any atom is 0.220 e. The van der Waals surface area contributed by atoms with Gasteiger partial charge >= 0.3 is 0 Å².